The summed E-state index contributed by atoms with van der Waals surface area (Å²) < 4.78 is 10.6. The van der Waals surface area contributed by atoms with E-state index in [4.69, 9.17) is 21.1 Å². The van der Waals surface area contributed by atoms with Crippen LogP contribution in [0.5, 0.6) is 11.6 Å². The van der Waals surface area contributed by atoms with E-state index >= 15 is 0 Å². The van der Waals surface area contributed by atoms with Crippen molar-refractivity contribution < 1.29 is 19.2 Å². The van der Waals surface area contributed by atoms with Crippen LogP contribution in [0.2, 0.25) is 5.02 Å². The first kappa shape index (κ1) is 18.5. The number of pyridine rings is 1. The molecule has 0 unspecified atom stereocenters. The fourth-order valence-corrected chi connectivity index (χ4v) is 2.01. The molecule has 132 valence electrons. The smallest absolute Gasteiger partial charge is 0.412 e. The zero-order chi connectivity index (χ0) is 18.6. The number of nitrogens with zero attached hydrogens (tertiary/aromatic N) is 2. The first-order valence-electron chi connectivity index (χ1n) is 7.22. The van der Waals surface area contributed by atoms with Gasteiger partial charge in [-0.25, -0.2) is 9.78 Å². The van der Waals surface area contributed by atoms with Crippen LogP contribution < -0.4 is 10.1 Å². The lowest BCUT2D eigenvalue weighted by Crippen LogP contribution is -2.27. The Morgan fingerprint density at radius 2 is 2.04 bits per heavy atom. The minimum atomic E-state index is -0.630. The Labute approximate surface area is 148 Å². The molecule has 0 fully saturated rings. The molecule has 1 aromatic carbocycles. The highest BCUT2D eigenvalue weighted by molar-refractivity contribution is 6.32. The summed E-state index contributed by atoms with van der Waals surface area (Å²) in [6, 6.07) is 7.14. The van der Waals surface area contributed by atoms with Gasteiger partial charge in [-0.15, -0.1) is 0 Å². The van der Waals surface area contributed by atoms with Crippen LogP contribution in [0.25, 0.3) is 0 Å². The Morgan fingerprint density at radius 3 is 2.64 bits per heavy atom. The van der Waals surface area contributed by atoms with Gasteiger partial charge in [0.15, 0.2) is 0 Å². The molecule has 2 aromatic rings. The van der Waals surface area contributed by atoms with E-state index in [0.29, 0.717) is 5.69 Å². The lowest BCUT2D eigenvalue weighted by Gasteiger charge is -2.19. The number of nitrogens with one attached hydrogen (secondary N) is 1. The Balaban J connectivity index is 2.15. The molecule has 1 amide bonds. The van der Waals surface area contributed by atoms with E-state index in [2.05, 4.69) is 10.3 Å². The fourth-order valence-electron chi connectivity index (χ4n) is 1.79. The van der Waals surface area contributed by atoms with E-state index in [1.807, 2.05) is 0 Å². The van der Waals surface area contributed by atoms with Crippen molar-refractivity contribution in [3.8, 4) is 11.6 Å². The number of ether oxygens (including phenoxy) is 2. The summed E-state index contributed by atoms with van der Waals surface area (Å²) in [4.78, 5) is 26.0. The van der Waals surface area contributed by atoms with Gasteiger partial charge in [-0.05, 0) is 45.0 Å². The van der Waals surface area contributed by atoms with Crippen LogP contribution in [-0.4, -0.2) is 21.6 Å². The third-order valence-corrected chi connectivity index (χ3v) is 3.03. The number of anilines is 1. The quantitative estimate of drug-likeness (QED) is 0.617. The van der Waals surface area contributed by atoms with Gasteiger partial charge in [-0.2, -0.15) is 0 Å². The molecule has 0 aliphatic heterocycles. The molecule has 1 heterocycles. The Bertz CT molecular complexity index is 805. The molecular formula is C16H16ClN3O5. The molecule has 0 spiro atoms. The highest BCUT2D eigenvalue weighted by Gasteiger charge is 2.19. The number of hydrogen-bond donors (Lipinski definition) is 1. The van der Waals surface area contributed by atoms with Crippen LogP contribution in [0.1, 0.15) is 20.8 Å². The highest BCUT2D eigenvalue weighted by Crippen LogP contribution is 2.34. The molecule has 0 saturated heterocycles. The van der Waals surface area contributed by atoms with Crippen molar-refractivity contribution in [2.24, 2.45) is 0 Å². The normalized spacial score (nSPS) is 10.9. The van der Waals surface area contributed by atoms with E-state index in [0.717, 1.165) is 0 Å². The summed E-state index contributed by atoms with van der Waals surface area (Å²) in [7, 11) is 0. The van der Waals surface area contributed by atoms with Gasteiger partial charge in [0.1, 0.15) is 11.4 Å². The number of aromatic nitrogens is 1. The van der Waals surface area contributed by atoms with Gasteiger partial charge in [0.2, 0.25) is 0 Å². The van der Waals surface area contributed by atoms with Crippen LogP contribution in [-0.2, 0) is 4.74 Å². The maximum Gasteiger partial charge on any atom is 0.412 e. The van der Waals surface area contributed by atoms with Gasteiger partial charge in [0.05, 0.1) is 9.95 Å². The maximum absolute atomic E-state index is 11.7. The molecule has 1 N–H and O–H groups in total. The van der Waals surface area contributed by atoms with E-state index in [9.17, 15) is 14.9 Å². The molecule has 2 rings (SSSR count). The standard InChI is InChI=1S/C16H16ClN3O5/c1-16(2,3)25-15(21)19-10-6-7-13(11(17)9-10)24-14-12(20(22)23)5-4-8-18-14/h4-9H,1-3H3,(H,19,21). The molecular weight excluding hydrogens is 350 g/mol. The predicted octanol–water partition coefficient (Wildman–Crippen LogP) is 4.78. The number of nitro groups is 1. The second kappa shape index (κ2) is 7.35. The number of carbonyl (C=O) groups excluding carboxylic acids is 1. The van der Waals surface area contributed by atoms with Crippen molar-refractivity contribution >= 4 is 29.1 Å². The SMILES string of the molecule is CC(C)(C)OC(=O)Nc1ccc(Oc2ncccc2[N+](=O)[O-])c(Cl)c1. The third-order valence-electron chi connectivity index (χ3n) is 2.73. The number of benzene rings is 1. The minimum Gasteiger partial charge on any atom is -0.444 e. The molecule has 0 saturated carbocycles. The Kier molecular flexibility index (Phi) is 5.43. The van der Waals surface area contributed by atoms with Gasteiger partial charge in [0.25, 0.3) is 5.88 Å². The summed E-state index contributed by atoms with van der Waals surface area (Å²) in [5, 5.41) is 13.7. The van der Waals surface area contributed by atoms with Crippen LogP contribution in [0.15, 0.2) is 36.5 Å². The second-order valence-corrected chi connectivity index (χ2v) is 6.37. The Hall–Kier alpha value is -2.87. The van der Waals surface area contributed by atoms with E-state index in [-0.39, 0.29) is 22.3 Å². The molecule has 8 nitrogen and oxygen atoms in total. The van der Waals surface area contributed by atoms with Crippen LogP contribution in [0, 0.1) is 10.1 Å². The molecule has 0 radical (unpaired) electrons. The molecule has 0 atom stereocenters. The summed E-state index contributed by atoms with van der Waals surface area (Å²) in [5.41, 5.74) is -0.522. The summed E-state index contributed by atoms with van der Waals surface area (Å²) in [5.74, 6) is -0.0135. The zero-order valence-corrected chi connectivity index (χ0v) is 14.5. The first-order chi connectivity index (χ1) is 11.7. The minimum absolute atomic E-state index is 0.147. The first-order valence-corrected chi connectivity index (χ1v) is 7.60. The zero-order valence-electron chi connectivity index (χ0n) is 13.8. The van der Waals surface area contributed by atoms with Crippen molar-refractivity contribution in [1.82, 2.24) is 4.98 Å². The number of amides is 1. The van der Waals surface area contributed by atoms with Gasteiger partial charge in [-0.3, -0.25) is 15.4 Å². The van der Waals surface area contributed by atoms with Crippen LogP contribution in [0.3, 0.4) is 0 Å². The van der Waals surface area contributed by atoms with Crippen LogP contribution >= 0.6 is 11.6 Å². The second-order valence-electron chi connectivity index (χ2n) is 5.96. The van der Waals surface area contributed by atoms with Gasteiger partial charge in [-0.1, -0.05) is 11.6 Å². The average molecular weight is 366 g/mol. The van der Waals surface area contributed by atoms with Crippen molar-refractivity contribution in [2.45, 2.75) is 26.4 Å². The van der Waals surface area contributed by atoms with E-state index in [1.54, 1.807) is 20.8 Å². The largest absolute Gasteiger partial charge is 0.444 e. The van der Waals surface area contributed by atoms with E-state index in [1.165, 1.54) is 36.5 Å². The maximum atomic E-state index is 11.7. The molecule has 0 aliphatic carbocycles. The van der Waals surface area contributed by atoms with E-state index < -0.39 is 16.6 Å². The molecule has 1 aromatic heterocycles. The predicted molar refractivity (Wildman–Crippen MR) is 92.3 cm³/mol. The number of rotatable bonds is 4. The lowest BCUT2D eigenvalue weighted by molar-refractivity contribution is -0.386. The van der Waals surface area contributed by atoms with Crippen molar-refractivity contribution in [1.29, 1.82) is 0 Å². The average Bonchev–Trinajstić information content (AvgIpc) is 2.48. The molecule has 9 heteroatoms. The number of halogens is 1. The third kappa shape index (κ3) is 5.32. The van der Waals surface area contributed by atoms with Crippen LogP contribution in [0.4, 0.5) is 16.2 Å². The number of hydrogen-bond acceptors (Lipinski definition) is 6. The highest BCUT2D eigenvalue weighted by atomic mass is 35.5. The van der Waals surface area contributed by atoms with Crippen molar-refractivity contribution in [2.75, 3.05) is 5.32 Å². The molecule has 25 heavy (non-hydrogen) atoms. The fraction of sp³-hybridized carbons (Fsp3) is 0.250. The van der Waals surface area contributed by atoms with Crippen molar-refractivity contribution in [3.63, 3.8) is 0 Å². The molecule has 0 bridgehead atoms. The topological polar surface area (TPSA) is 104 Å². The molecule has 0 aliphatic rings. The van der Waals surface area contributed by atoms with Crippen molar-refractivity contribution in [3.05, 3.63) is 51.7 Å². The summed E-state index contributed by atoms with van der Waals surface area (Å²) in [6.07, 6.45) is 0.742. The van der Waals surface area contributed by atoms with Gasteiger partial charge in [0, 0.05) is 18.0 Å². The van der Waals surface area contributed by atoms with Gasteiger partial charge < -0.3 is 9.47 Å². The Morgan fingerprint density at radius 1 is 1.32 bits per heavy atom. The summed E-state index contributed by atoms with van der Waals surface area (Å²) in [6.45, 7) is 5.24. The summed E-state index contributed by atoms with van der Waals surface area (Å²) >= 11 is 6.11. The lowest BCUT2D eigenvalue weighted by atomic mass is 10.2. The number of carbonyl (C=O) groups is 1. The monoisotopic (exact) mass is 365 g/mol. The van der Waals surface area contributed by atoms with Gasteiger partial charge >= 0.3 is 11.8 Å².